The van der Waals surface area contributed by atoms with Gasteiger partial charge in [0.05, 0.1) is 6.20 Å². The Bertz CT molecular complexity index is 819. The molecule has 6 heteroatoms. The summed E-state index contributed by atoms with van der Waals surface area (Å²) < 4.78 is 1.75. The van der Waals surface area contributed by atoms with Crippen LogP contribution in [0, 0.1) is 5.92 Å². The van der Waals surface area contributed by atoms with E-state index in [-0.39, 0.29) is 11.8 Å². The summed E-state index contributed by atoms with van der Waals surface area (Å²) >= 11 is 13.1. The van der Waals surface area contributed by atoms with Crippen LogP contribution in [0.1, 0.15) is 44.1 Å². The number of rotatable bonds is 4. The number of nitrogens with zero attached hydrogens (tertiary/aromatic N) is 3. The molecule has 1 saturated carbocycles. The van der Waals surface area contributed by atoms with Crippen molar-refractivity contribution in [3.05, 3.63) is 40.1 Å². The van der Waals surface area contributed by atoms with Crippen molar-refractivity contribution in [2.45, 2.75) is 51.0 Å². The maximum absolute atomic E-state index is 13.0. The van der Waals surface area contributed by atoms with Gasteiger partial charge in [-0.25, -0.2) is 0 Å². The second kappa shape index (κ2) is 7.84. The van der Waals surface area contributed by atoms with Crippen LogP contribution >= 0.6 is 23.2 Å². The molecule has 1 aliphatic heterocycles. The van der Waals surface area contributed by atoms with Gasteiger partial charge in [0.15, 0.2) is 0 Å². The average molecular weight is 406 g/mol. The number of likely N-dealkylation sites (tertiary alicyclic amines) is 1. The van der Waals surface area contributed by atoms with Gasteiger partial charge in [-0.2, -0.15) is 5.10 Å². The molecular formula is C21H25Cl2N3O. The molecule has 1 saturated heterocycles. The number of carbonyl (C=O) groups excluding carboxylic acids is 1. The number of carbonyl (C=O) groups is 1. The van der Waals surface area contributed by atoms with Gasteiger partial charge in [-0.3, -0.25) is 9.48 Å². The molecule has 1 atom stereocenters. The molecule has 2 aromatic rings. The van der Waals surface area contributed by atoms with E-state index in [1.54, 1.807) is 10.9 Å². The largest absolute Gasteiger partial charge is 0.339 e. The summed E-state index contributed by atoms with van der Waals surface area (Å²) in [5.41, 5.74) is 2.81. The van der Waals surface area contributed by atoms with Gasteiger partial charge < -0.3 is 4.90 Å². The summed E-state index contributed by atoms with van der Waals surface area (Å²) in [6.45, 7) is 0.872. The van der Waals surface area contributed by atoms with Crippen molar-refractivity contribution in [3.63, 3.8) is 0 Å². The first-order valence-corrected chi connectivity index (χ1v) is 10.6. The Morgan fingerprint density at radius 2 is 1.78 bits per heavy atom. The zero-order chi connectivity index (χ0) is 19.0. The highest BCUT2D eigenvalue weighted by atomic mass is 35.5. The van der Waals surface area contributed by atoms with Crippen LogP contribution in [-0.2, 0) is 18.3 Å². The molecule has 2 fully saturated rings. The number of amides is 1. The van der Waals surface area contributed by atoms with Gasteiger partial charge in [-0.15, -0.1) is 0 Å². The highest BCUT2D eigenvalue weighted by Gasteiger charge is 2.36. The predicted molar refractivity (Wildman–Crippen MR) is 109 cm³/mol. The standard InChI is InChI=1S/C21H25Cl2N3O/c1-25-13-16(12-24-25)15-10-19(22)18(20(23)11-15)9-14-7-8-26(21(14)27)17-5-3-2-4-6-17/h10-14,17H,2-9H2,1H3. The second-order valence-corrected chi connectivity index (χ2v) is 8.65. The molecule has 2 heterocycles. The minimum Gasteiger partial charge on any atom is -0.339 e. The van der Waals surface area contributed by atoms with E-state index in [1.165, 1.54) is 19.3 Å². The molecule has 27 heavy (non-hydrogen) atoms. The molecule has 1 aromatic carbocycles. The van der Waals surface area contributed by atoms with Crippen molar-refractivity contribution in [2.75, 3.05) is 6.54 Å². The van der Waals surface area contributed by atoms with E-state index < -0.39 is 0 Å². The van der Waals surface area contributed by atoms with E-state index in [2.05, 4.69) is 10.00 Å². The summed E-state index contributed by atoms with van der Waals surface area (Å²) in [4.78, 5) is 15.1. The van der Waals surface area contributed by atoms with E-state index in [9.17, 15) is 4.79 Å². The van der Waals surface area contributed by atoms with Crippen molar-refractivity contribution < 1.29 is 4.79 Å². The quantitative estimate of drug-likeness (QED) is 0.707. The normalized spacial score (nSPS) is 21.2. The SMILES string of the molecule is Cn1cc(-c2cc(Cl)c(CC3CCN(C4CCCCC4)C3=O)c(Cl)c2)cn1. The van der Waals surface area contributed by atoms with Crippen molar-refractivity contribution in [2.24, 2.45) is 13.0 Å². The fraction of sp³-hybridized carbons (Fsp3) is 0.524. The Morgan fingerprint density at radius 3 is 2.41 bits per heavy atom. The third kappa shape index (κ3) is 3.88. The monoisotopic (exact) mass is 405 g/mol. The summed E-state index contributed by atoms with van der Waals surface area (Å²) in [6.07, 6.45) is 11.3. The first-order valence-electron chi connectivity index (χ1n) is 9.80. The molecule has 1 aromatic heterocycles. The van der Waals surface area contributed by atoms with Gasteiger partial charge in [0, 0.05) is 47.4 Å². The van der Waals surface area contributed by atoms with Crippen molar-refractivity contribution >= 4 is 29.1 Å². The number of benzene rings is 1. The Balaban J connectivity index is 1.50. The molecule has 0 bridgehead atoms. The summed E-state index contributed by atoms with van der Waals surface area (Å²) in [6, 6.07) is 4.30. The molecule has 0 N–H and O–H groups in total. The van der Waals surface area contributed by atoms with Crippen LogP contribution in [0.15, 0.2) is 24.5 Å². The third-order valence-corrected chi connectivity index (χ3v) is 6.67. The lowest BCUT2D eigenvalue weighted by molar-refractivity contribution is -0.133. The van der Waals surface area contributed by atoms with E-state index in [4.69, 9.17) is 23.2 Å². The Hall–Kier alpha value is -1.52. The van der Waals surface area contributed by atoms with E-state index >= 15 is 0 Å². The van der Waals surface area contributed by atoms with E-state index in [0.29, 0.717) is 22.5 Å². The van der Waals surface area contributed by atoms with Crippen LogP contribution in [0.2, 0.25) is 10.0 Å². The van der Waals surface area contributed by atoms with E-state index in [1.807, 2.05) is 25.4 Å². The van der Waals surface area contributed by atoms with Crippen LogP contribution in [0.4, 0.5) is 0 Å². The fourth-order valence-corrected chi connectivity index (χ4v) is 5.13. The number of hydrogen-bond acceptors (Lipinski definition) is 2. The zero-order valence-corrected chi connectivity index (χ0v) is 17.1. The minimum atomic E-state index is -0.00818. The molecule has 2 aliphatic rings. The average Bonchev–Trinajstić information content (AvgIpc) is 3.25. The first-order chi connectivity index (χ1) is 13.0. The van der Waals surface area contributed by atoms with Gasteiger partial charge in [0.1, 0.15) is 0 Å². The van der Waals surface area contributed by atoms with Crippen molar-refractivity contribution in [1.82, 2.24) is 14.7 Å². The molecule has 0 radical (unpaired) electrons. The van der Waals surface area contributed by atoms with Gasteiger partial charge >= 0.3 is 0 Å². The lowest BCUT2D eigenvalue weighted by Gasteiger charge is -2.31. The topological polar surface area (TPSA) is 38.1 Å². The molecule has 4 nitrogen and oxygen atoms in total. The third-order valence-electron chi connectivity index (χ3n) is 6.00. The molecular weight excluding hydrogens is 381 g/mol. The molecule has 1 amide bonds. The van der Waals surface area contributed by atoms with Gasteiger partial charge in [0.25, 0.3) is 0 Å². The minimum absolute atomic E-state index is 0.00818. The molecule has 1 aliphatic carbocycles. The highest BCUT2D eigenvalue weighted by molar-refractivity contribution is 6.36. The highest BCUT2D eigenvalue weighted by Crippen LogP contribution is 2.36. The second-order valence-electron chi connectivity index (χ2n) is 7.83. The Labute approximate surface area is 170 Å². The van der Waals surface area contributed by atoms with Gasteiger partial charge in [-0.1, -0.05) is 42.5 Å². The van der Waals surface area contributed by atoms with Crippen LogP contribution in [-0.4, -0.2) is 33.2 Å². The van der Waals surface area contributed by atoms with Crippen LogP contribution in [0.3, 0.4) is 0 Å². The van der Waals surface area contributed by atoms with Crippen LogP contribution < -0.4 is 0 Å². The Kier molecular flexibility index (Phi) is 5.47. The maximum Gasteiger partial charge on any atom is 0.226 e. The fourth-order valence-electron chi connectivity index (χ4n) is 4.49. The van der Waals surface area contributed by atoms with Crippen LogP contribution in [0.5, 0.6) is 0 Å². The molecule has 4 rings (SSSR count). The van der Waals surface area contributed by atoms with E-state index in [0.717, 1.165) is 42.5 Å². The predicted octanol–water partition coefficient (Wildman–Crippen LogP) is 5.12. The summed E-state index contributed by atoms with van der Waals surface area (Å²) in [5, 5.41) is 5.46. The molecule has 0 spiro atoms. The summed E-state index contributed by atoms with van der Waals surface area (Å²) in [5.74, 6) is 0.275. The summed E-state index contributed by atoms with van der Waals surface area (Å²) in [7, 11) is 1.88. The lowest BCUT2D eigenvalue weighted by atomic mass is 9.93. The van der Waals surface area contributed by atoms with Crippen molar-refractivity contribution in [3.8, 4) is 11.1 Å². The Morgan fingerprint density at radius 1 is 1.07 bits per heavy atom. The smallest absolute Gasteiger partial charge is 0.226 e. The number of halogens is 2. The number of aromatic nitrogens is 2. The number of hydrogen-bond donors (Lipinski definition) is 0. The maximum atomic E-state index is 13.0. The van der Waals surface area contributed by atoms with Gasteiger partial charge in [0.2, 0.25) is 5.91 Å². The first kappa shape index (κ1) is 18.8. The zero-order valence-electron chi connectivity index (χ0n) is 15.6. The van der Waals surface area contributed by atoms with Gasteiger partial charge in [-0.05, 0) is 48.9 Å². The lowest BCUT2D eigenvalue weighted by Crippen LogP contribution is -2.39. The molecule has 1 unspecified atom stereocenters. The number of aryl methyl sites for hydroxylation is 1. The van der Waals surface area contributed by atoms with Crippen molar-refractivity contribution in [1.29, 1.82) is 0 Å². The molecule has 144 valence electrons. The van der Waals surface area contributed by atoms with Crippen LogP contribution in [0.25, 0.3) is 11.1 Å².